The predicted octanol–water partition coefficient (Wildman–Crippen LogP) is 1.87. The van der Waals surface area contributed by atoms with Crippen molar-refractivity contribution < 1.29 is 8.78 Å². The number of thioether (sulfide) groups is 1. The quantitative estimate of drug-likeness (QED) is 0.681. The van der Waals surface area contributed by atoms with Gasteiger partial charge in [0.15, 0.2) is 5.96 Å². The van der Waals surface area contributed by atoms with E-state index in [1.165, 1.54) is 6.07 Å². The number of nitrogens with zero attached hydrogens (tertiary/aromatic N) is 2. The van der Waals surface area contributed by atoms with E-state index in [2.05, 4.69) is 4.99 Å². The van der Waals surface area contributed by atoms with Crippen LogP contribution in [0.25, 0.3) is 0 Å². The molecule has 0 aromatic heterocycles. The molecule has 1 aromatic carbocycles. The van der Waals surface area contributed by atoms with Gasteiger partial charge in [-0.1, -0.05) is 0 Å². The molecular weight excluding hydrogens is 268 g/mol. The zero-order chi connectivity index (χ0) is 13.7. The van der Waals surface area contributed by atoms with Crippen molar-refractivity contribution >= 4 is 17.7 Å². The summed E-state index contributed by atoms with van der Waals surface area (Å²) in [7, 11) is 0. The highest BCUT2D eigenvalue weighted by atomic mass is 32.2. The fourth-order valence-corrected chi connectivity index (χ4v) is 2.82. The Morgan fingerprint density at radius 3 is 2.79 bits per heavy atom. The van der Waals surface area contributed by atoms with Crippen molar-refractivity contribution in [2.75, 3.05) is 31.1 Å². The van der Waals surface area contributed by atoms with Crippen LogP contribution in [0.1, 0.15) is 5.56 Å². The predicted molar refractivity (Wildman–Crippen MR) is 75.4 cm³/mol. The fraction of sp³-hybridized carbons (Fsp3) is 0.462. The summed E-state index contributed by atoms with van der Waals surface area (Å²) in [5.74, 6) is 1.77. The van der Waals surface area contributed by atoms with Gasteiger partial charge in [-0.05, 0) is 30.2 Å². The van der Waals surface area contributed by atoms with Crippen molar-refractivity contribution in [1.82, 2.24) is 4.90 Å². The molecule has 1 aliphatic rings. The third-order valence-electron chi connectivity index (χ3n) is 3.00. The van der Waals surface area contributed by atoms with E-state index in [4.69, 9.17) is 5.73 Å². The van der Waals surface area contributed by atoms with Crippen LogP contribution >= 0.6 is 11.8 Å². The number of aliphatic imine (C=N–C) groups is 1. The Bertz CT molecular complexity index is 459. The second-order valence-electron chi connectivity index (χ2n) is 4.33. The summed E-state index contributed by atoms with van der Waals surface area (Å²) in [4.78, 5) is 6.26. The lowest BCUT2D eigenvalue weighted by Crippen LogP contribution is -2.42. The van der Waals surface area contributed by atoms with E-state index < -0.39 is 11.6 Å². The third-order valence-corrected chi connectivity index (χ3v) is 3.94. The molecule has 6 heteroatoms. The zero-order valence-corrected chi connectivity index (χ0v) is 11.4. The molecule has 1 saturated heterocycles. The van der Waals surface area contributed by atoms with Crippen LogP contribution in [-0.2, 0) is 6.42 Å². The van der Waals surface area contributed by atoms with Crippen LogP contribution in [0, 0.1) is 11.6 Å². The number of benzene rings is 1. The number of rotatable bonds is 3. The molecule has 0 unspecified atom stereocenters. The Kier molecular flexibility index (Phi) is 5.01. The highest BCUT2D eigenvalue weighted by Gasteiger charge is 2.12. The lowest BCUT2D eigenvalue weighted by molar-refractivity contribution is 0.456. The first-order valence-electron chi connectivity index (χ1n) is 6.23. The summed E-state index contributed by atoms with van der Waals surface area (Å²) in [5, 5.41) is 0. The van der Waals surface area contributed by atoms with Crippen LogP contribution in [0.2, 0.25) is 0 Å². The zero-order valence-electron chi connectivity index (χ0n) is 10.6. The average molecular weight is 285 g/mol. The molecule has 0 saturated carbocycles. The summed E-state index contributed by atoms with van der Waals surface area (Å²) in [6.07, 6.45) is 0.354. The van der Waals surface area contributed by atoms with Gasteiger partial charge in [0.1, 0.15) is 11.6 Å². The molecule has 0 amide bonds. The minimum absolute atomic E-state index is 0.339. The fourth-order valence-electron chi connectivity index (χ4n) is 1.92. The van der Waals surface area contributed by atoms with Crippen molar-refractivity contribution in [3.63, 3.8) is 0 Å². The molecule has 0 spiro atoms. The molecule has 19 heavy (non-hydrogen) atoms. The van der Waals surface area contributed by atoms with Gasteiger partial charge in [0.05, 0.1) is 0 Å². The standard InChI is InChI=1S/C13H17F2N3S/c14-11-1-2-12(15)10(9-11)3-4-17-13(16)18-5-7-19-8-6-18/h1-2,9H,3-8H2,(H2,16,17). The molecule has 1 fully saturated rings. The maximum atomic E-state index is 13.4. The summed E-state index contributed by atoms with van der Waals surface area (Å²) in [6.45, 7) is 2.17. The van der Waals surface area contributed by atoms with Crippen LogP contribution in [0.5, 0.6) is 0 Å². The minimum atomic E-state index is -0.429. The number of halogens is 2. The smallest absolute Gasteiger partial charge is 0.191 e. The summed E-state index contributed by atoms with van der Waals surface area (Å²) in [6, 6.07) is 3.46. The Morgan fingerprint density at radius 2 is 2.05 bits per heavy atom. The van der Waals surface area contributed by atoms with Crippen LogP contribution in [0.15, 0.2) is 23.2 Å². The molecule has 1 aliphatic heterocycles. The molecule has 0 radical (unpaired) electrons. The Hall–Kier alpha value is -1.30. The van der Waals surface area contributed by atoms with Gasteiger partial charge in [-0.2, -0.15) is 11.8 Å². The SMILES string of the molecule is NC(=NCCc1cc(F)ccc1F)N1CCSCC1. The van der Waals surface area contributed by atoms with Crippen molar-refractivity contribution in [2.45, 2.75) is 6.42 Å². The van der Waals surface area contributed by atoms with Gasteiger partial charge < -0.3 is 10.6 Å². The van der Waals surface area contributed by atoms with E-state index in [0.29, 0.717) is 24.5 Å². The lowest BCUT2D eigenvalue weighted by Gasteiger charge is -2.27. The van der Waals surface area contributed by atoms with E-state index in [1.807, 2.05) is 16.7 Å². The Balaban J connectivity index is 1.89. The molecule has 1 heterocycles. The van der Waals surface area contributed by atoms with Gasteiger partial charge in [0.2, 0.25) is 0 Å². The van der Waals surface area contributed by atoms with E-state index in [9.17, 15) is 8.78 Å². The molecule has 2 N–H and O–H groups in total. The van der Waals surface area contributed by atoms with E-state index in [1.54, 1.807) is 0 Å². The monoisotopic (exact) mass is 285 g/mol. The van der Waals surface area contributed by atoms with E-state index >= 15 is 0 Å². The lowest BCUT2D eigenvalue weighted by atomic mass is 10.1. The first-order valence-corrected chi connectivity index (χ1v) is 7.39. The van der Waals surface area contributed by atoms with Gasteiger partial charge >= 0.3 is 0 Å². The van der Waals surface area contributed by atoms with Gasteiger partial charge in [0, 0.05) is 31.1 Å². The van der Waals surface area contributed by atoms with Crippen LogP contribution in [0.3, 0.4) is 0 Å². The van der Waals surface area contributed by atoms with Crippen molar-refractivity contribution in [1.29, 1.82) is 0 Å². The molecule has 104 valence electrons. The second kappa shape index (κ2) is 6.75. The van der Waals surface area contributed by atoms with Crippen LogP contribution < -0.4 is 5.73 Å². The number of hydrogen-bond acceptors (Lipinski definition) is 2. The van der Waals surface area contributed by atoms with Gasteiger partial charge in [-0.25, -0.2) is 8.78 Å². The molecule has 3 nitrogen and oxygen atoms in total. The van der Waals surface area contributed by atoms with Gasteiger partial charge in [-0.15, -0.1) is 0 Å². The molecule has 2 rings (SSSR count). The summed E-state index contributed by atoms with van der Waals surface area (Å²) < 4.78 is 26.4. The maximum Gasteiger partial charge on any atom is 0.191 e. The average Bonchev–Trinajstić information content (AvgIpc) is 2.43. The molecule has 1 aromatic rings. The molecular formula is C13H17F2N3S. The normalized spacial score (nSPS) is 16.7. The van der Waals surface area contributed by atoms with E-state index in [0.717, 1.165) is 36.7 Å². The Morgan fingerprint density at radius 1 is 1.32 bits per heavy atom. The summed E-state index contributed by atoms with van der Waals surface area (Å²) >= 11 is 1.90. The molecule has 0 aliphatic carbocycles. The number of nitrogens with two attached hydrogens (primary N) is 1. The van der Waals surface area contributed by atoms with E-state index in [-0.39, 0.29) is 0 Å². The van der Waals surface area contributed by atoms with Crippen molar-refractivity contribution in [3.05, 3.63) is 35.4 Å². The van der Waals surface area contributed by atoms with Crippen LogP contribution in [-0.4, -0.2) is 42.0 Å². The van der Waals surface area contributed by atoms with Gasteiger partial charge in [0.25, 0.3) is 0 Å². The number of hydrogen-bond donors (Lipinski definition) is 1. The van der Waals surface area contributed by atoms with Crippen molar-refractivity contribution in [2.24, 2.45) is 10.7 Å². The largest absolute Gasteiger partial charge is 0.370 e. The first-order chi connectivity index (χ1) is 9.16. The molecule has 0 atom stereocenters. The summed E-state index contributed by atoms with van der Waals surface area (Å²) in [5.41, 5.74) is 6.22. The highest BCUT2D eigenvalue weighted by molar-refractivity contribution is 7.99. The minimum Gasteiger partial charge on any atom is -0.370 e. The third kappa shape index (κ3) is 4.09. The van der Waals surface area contributed by atoms with Crippen LogP contribution in [0.4, 0.5) is 8.78 Å². The number of guanidine groups is 1. The molecule has 0 bridgehead atoms. The topological polar surface area (TPSA) is 41.6 Å². The van der Waals surface area contributed by atoms with Crippen molar-refractivity contribution in [3.8, 4) is 0 Å². The first kappa shape index (κ1) is 14.1. The highest BCUT2D eigenvalue weighted by Crippen LogP contribution is 2.11. The second-order valence-corrected chi connectivity index (χ2v) is 5.55. The maximum absolute atomic E-state index is 13.4. The Labute approximate surface area is 115 Å². The van der Waals surface area contributed by atoms with Gasteiger partial charge in [-0.3, -0.25) is 4.99 Å².